The number of likely N-dealkylation sites (tertiary alicyclic amines) is 1. The molecule has 0 aliphatic carbocycles. The maximum atomic E-state index is 10.9. The van der Waals surface area contributed by atoms with E-state index < -0.39 is 24.6 Å². The number of ether oxygens (including phenoxy) is 1. The molecule has 10 nitrogen and oxygen atoms in total. The lowest BCUT2D eigenvalue weighted by Gasteiger charge is -2.41. The van der Waals surface area contributed by atoms with Crippen molar-refractivity contribution in [3.05, 3.63) is 24.1 Å². The molecule has 0 amide bonds. The van der Waals surface area contributed by atoms with Crippen LogP contribution in [-0.2, 0) is 9.57 Å². The Balaban J connectivity index is 2.15. The zero-order chi connectivity index (χ0) is 17.7. The quantitative estimate of drug-likeness (QED) is 0.345. The number of hydrogen-bond acceptors (Lipinski definition) is 9. The fraction of sp³-hybridized carbons (Fsp3) is 0.643. The first-order valence-corrected chi connectivity index (χ1v) is 7.77. The molecule has 136 valence electrons. The highest BCUT2D eigenvalue weighted by Crippen LogP contribution is 2.28. The molecule has 0 bridgehead atoms. The first-order chi connectivity index (χ1) is 11.5. The van der Waals surface area contributed by atoms with Crippen LogP contribution in [0.4, 0.5) is 4.79 Å². The van der Waals surface area contributed by atoms with Gasteiger partial charge in [-0.05, 0) is 25.5 Å². The lowest BCUT2D eigenvalue weighted by atomic mass is 10.2. The number of hydrazine groups is 1. The number of likely N-dealkylation sites (N-methyl/N-ethyl adjacent to an activating group) is 1. The Hall–Kier alpha value is -1.85. The number of carbonyl (C=O) groups is 1. The minimum absolute atomic E-state index is 0.107. The van der Waals surface area contributed by atoms with Gasteiger partial charge in [0.1, 0.15) is 18.9 Å². The van der Waals surface area contributed by atoms with Crippen molar-refractivity contribution >= 4 is 6.16 Å². The zero-order valence-corrected chi connectivity index (χ0v) is 13.5. The average molecular weight is 344 g/mol. The third-order valence-corrected chi connectivity index (χ3v) is 3.91. The van der Waals surface area contributed by atoms with Gasteiger partial charge in [-0.25, -0.2) is 10.6 Å². The predicted molar refractivity (Wildman–Crippen MR) is 82.7 cm³/mol. The van der Waals surface area contributed by atoms with E-state index in [1.54, 1.807) is 19.1 Å². The number of nitrogens with two attached hydrogens (primary N) is 1. The summed E-state index contributed by atoms with van der Waals surface area (Å²) in [5.74, 6) is 6.48. The Morgan fingerprint density at radius 2 is 2.29 bits per heavy atom. The van der Waals surface area contributed by atoms with Crippen LogP contribution in [0.3, 0.4) is 0 Å². The second-order valence-corrected chi connectivity index (χ2v) is 5.38. The Bertz CT molecular complexity index is 500. The second kappa shape index (κ2) is 8.31. The lowest BCUT2D eigenvalue weighted by molar-refractivity contribution is -0.203. The highest BCUT2D eigenvalue weighted by molar-refractivity contribution is 5.56. The van der Waals surface area contributed by atoms with Crippen molar-refractivity contribution in [2.75, 3.05) is 26.3 Å². The maximum absolute atomic E-state index is 10.9. The van der Waals surface area contributed by atoms with Gasteiger partial charge in [-0.3, -0.25) is 9.91 Å². The average Bonchev–Trinajstić information content (AvgIpc) is 2.93. The van der Waals surface area contributed by atoms with E-state index in [0.29, 0.717) is 18.8 Å². The number of nitrogens with zero attached hydrogens (tertiary/aromatic N) is 3. The minimum Gasteiger partial charge on any atom is -0.476 e. The number of allylic oxidation sites excluding steroid dienone is 2. The number of aliphatic hydroxyl groups is 2. The van der Waals surface area contributed by atoms with Gasteiger partial charge in [-0.15, -0.1) is 5.06 Å². The van der Waals surface area contributed by atoms with Crippen molar-refractivity contribution in [3.63, 3.8) is 0 Å². The molecule has 0 saturated carbocycles. The first-order valence-electron chi connectivity index (χ1n) is 7.77. The van der Waals surface area contributed by atoms with Crippen molar-refractivity contribution in [2.45, 2.75) is 31.8 Å². The van der Waals surface area contributed by atoms with Crippen LogP contribution in [0, 0.1) is 0 Å². The minimum atomic E-state index is -1.44. The second-order valence-electron chi connectivity index (χ2n) is 5.38. The molecule has 1 fully saturated rings. The van der Waals surface area contributed by atoms with Crippen molar-refractivity contribution in [1.82, 2.24) is 15.0 Å². The number of hydrogen-bond donors (Lipinski definition) is 4. The molecule has 2 aliphatic rings. The van der Waals surface area contributed by atoms with Crippen molar-refractivity contribution in [2.24, 2.45) is 5.84 Å². The summed E-state index contributed by atoms with van der Waals surface area (Å²) in [6.45, 7) is 2.48. The summed E-state index contributed by atoms with van der Waals surface area (Å²) in [6, 6.07) is 0. The van der Waals surface area contributed by atoms with Gasteiger partial charge in [0.15, 0.2) is 0 Å². The summed E-state index contributed by atoms with van der Waals surface area (Å²) >= 11 is 0. The van der Waals surface area contributed by atoms with Crippen LogP contribution in [0.5, 0.6) is 0 Å². The molecule has 24 heavy (non-hydrogen) atoms. The Morgan fingerprint density at radius 3 is 2.92 bits per heavy atom. The molecule has 3 atom stereocenters. The summed E-state index contributed by atoms with van der Waals surface area (Å²) in [5.41, 5.74) is 0. The van der Waals surface area contributed by atoms with Crippen LogP contribution in [0.15, 0.2) is 24.1 Å². The summed E-state index contributed by atoms with van der Waals surface area (Å²) in [4.78, 5) is 17.5. The highest BCUT2D eigenvalue weighted by Gasteiger charge is 2.43. The van der Waals surface area contributed by atoms with E-state index in [2.05, 4.69) is 0 Å². The third kappa shape index (κ3) is 3.97. The molecule has 1 saturated heterocycles. The number of carboxylic acid groups (broad SMARTS) is 1. The van der Waals surface area contributed by atoms with Crippen LogP contribution in [0.2, 0.25) is 0 Å². The van der Waals surface area contributed by atoms with Crippen LogP contribution in [-0.4, -0.2) is 81.2 Å². The molecule has 2 rings (SSSR count). The number of aliphatic hydroxyl groups excluding tert-OH is 2. The Labute approximate surface area is 139 Å². The van der Waals surface area contributed by atoms with Crippen LogP contribution in [0.25, 0.3) is 0 Å². The van der Waals surface area contributed by atoms with Crippen molar-refractivity contribution < 1.29 is 29.7 Å². The zero-order valence-electron chi connectivity index (χ0n) is 13.5. The van der Waals surface area contributed by atoms with Gasteiger partial charge in [-0.1, -0.05) is 6.08 Å². The number of rotatable bonds is 7. The summed E-state index contributed by atoms with van der Waals surface area (Å²) < 4.78 is 5.38. The topological polar surface area (TPSA) is 132 Å². The van der Waals surface area contributed by atoms with Crippen LogP contribution >= 0.6 is 0 Å². The molecular weight excluding hydrogens is 320 g/mol. The molecule has 5 N–H and O–H groups in total. The third-order valence-electron chi connectivity index (χ3n) is 3.91. The first kappa shape index (κ1) is 18.5. The molecule has 0 aromatic carbocycles. The van der Waals surface area contributed by atoms with Gasteiger partial charge < -0.3 is 24.9 Å². The molecule has 2 heterocycles. The fourth-order valence-corrected chi connectivity index (χ4v) is 2.93. The summed E-state index contributed by atoms with van der Waals surface area (Å²) in [5, 5.41) is 30.6. The van der Waals surface area contributed by atoms with Gasteiger partial charge in [0, 0.05) is 13.1 Å². The Kier molecular flexibility index (Phi) is 6.40. The summed E-state index contributed by atoms with van der Waals surface area (Å²) in [7, 11) is 0. The van der Waals surface area contributed by atoms with Crippen molar-refractivity contribution in [3.8, 4) is 0 Å². The van der Waals surface area contributed by atoms with Crippen molar-refractivity contribution in [1.29, 1.82) is 0 Å². The van der Waals surface area contributed by atoms with Gasteiger partial charge in [0.25, 0.3) is 0 Å². The highest BCUT2D eigenvalue weighted by atomic mass is 16.8. The molecule has 0 spiro atoms. The lowest BCUT2D eigenvalue weighted by Crippen LogP contribution is -2.59. The van der Waals surface area contributed by atoms with Gasteiger partial charge in [0.2, 0.25) is 5.88 Å². The van der Waals surface area contributed by atoms with E-state index in [-0.39, 0.29) is 19.8 Å². The largest absolute Gasteiger partial charge is 0.525 e. The molecule has 3 unspecified atom stereocenters. The van der Waals surface area contributed by atoms with E-state index in [9.17, 15) is 9.90 Å². The number of hydroxylamine groups is 2. The van der Waals surface area contributed by atoms with Gasteiger partial charge in [-0.2, -0.15) is 0 Å². The van der Waals surface area contributed by atoms with E-state index in [1.165, 1.54) is 10.1 Å². The molecule has 0 radical (unpaired) electrons. The SMILES string of the molecule is CCN(OC(=O)O)C1C(O)CCN1C1C=CC=C(OCCO)N1N. The molecule has 10 heteroatoms. The normalized spacial score (nSPS) is 27.5. The molecule has 2 aliphatic heterocycles. The summed E-state index contributed by atoms with van der Waals surface area (Å²) in [6.07, 6.45) is 2.37. The molecule has 0 aromatic heterocycles. The molecular formula is C14H24N4O6. The predicted octanol–water partition coefficient (Wildman–Crippen LogP) is -0.767. The van der Waals surface area contributed by atoms with E-state index in [1.807, 2.05) is 11.0 Å². The maximum Gasteiger partial charge on any atom is 0.525 e. The van der Waals surface area contributed by atoms with Crippen LogP contribution in [0.1, 0.15) is 13.3 Å². The monoisotopic (exact) mass is 344 g/mol. The van der Waals surface area contributed by atoms with E-state index in [4.69, 9.17) is 25.6 Å². The standard InChI is InChI=1S/C14H24N4O6/c1-2-17(24-14(21)22)13-10(20)6-7-16(13)11-4-3-5-12(18(11)15)23-9-8-19/h3-5,10-11,13,19-20H,2,6-9,15H2,1H3,(H,21,22). The van der Waals surface area contributed by atoms with Gasteiger partial charge >= 0.3 is 6.16 Å². The van der Waals surface area contributed by atoms with Crippen LogP contribution < -0.4 is 5.84 Å². The van der Waals surface area contributed by atoms with E-state index in [0.717, 1.165) is 0 Å². The van der Waals surface area contributed by atoms with E-state index >= 15 is 0 Å². The fourth-order valence-electron chi connectivity index (χ4n) is 2.93. The van der Waals surface area contributed by atoms with Gasteiger partial charge in [0.05, 0.1) is 12.7 Å². The smallest absolute Gasteiger partial charge is 0.476 e. The Morgan fingerprint density at radius 1 is 1.54 bits per heavy atom. The molecule has 0 aromatic rings.